The maximum absolute atomic E-state index is 12.0. The minimum absolute atomic E-state index is 0.134. The Morgan fingerprint density at radius 1 is 1.40 bits per heavy atom. The summed E-state index contributed by atoms with van der Waals surface area (Å²) in [5.41, 5.74) is 0.297. The van der Waals surface area contributed by atoms with E-state index in [-0.39, 0.29) is 15.6 Å². The van der Waals surface area contributed by atoms with Crippen LogP contribution >= 0.6 is 0 Å². The summed E-state index contributed by atoms with van der Waals surface area (Å²) in [7, 11) is -3.43. The normalized spacial score (nSPS) is 21.0. The van der Waals surface area contributed by atoms with Gasteiger partial charge in [0.2, 0.25) is 9.84 Å². The first kappa shape index (κ1) is 11.9. The smallest absolute Gasteiger partial charge is 0.203 e. The SMILES string of the molecule is C/C=C\C1=C(C)C(=O)C=C(CC)S1(=O)=O. The van der Waals surface area contributed by atoms with E-state index >= 15 is 0 Å². The van der Waals surface area contributed by atoms with Gasteiger partial charge < -0.3 is 0 Å². The van der Waals surface area contributed by atoms with Crippen LogP contribution in [0.25, 0.3) is 0 Å². The molecule has 0 aromatic carbocycles. The zero-order valence-corrected chi connectivity index (χ0v) is 9.89. The summed E-state index contributed by atoms with van der Waals surface area (Å²) >= 11 is 0. The molecule has 1 rings (SSSR count). The van der Waals surface area contributed by atoms with E-state index in [1.807, 2.05) is 0 Å². The van der Waals surface area contributed by atoms with Gasteiger partial charge in [0.25, 0.3) is 0 Å². The van der Waals surface area contributed by atoms with E-state index in [0.29, 0.717) is 12.0 Å². The number of carbonyl (C=O) groups excluding carboxylic acids is 1. The third kappa shape index (κ3) is 1.95. The van der Waals surface area contributed by atoms with Crippen LogP contribution in [0.5, 0.6) is 0 Å². The minimum Gasteiger partial charge on any atom is -0.290 e. The second-order valence-electron chi connectivity index (χ2n) is 3.32. The van der Waals surface area contributed by atoms with E-state index in [4.69, 9.17) is 0 Å². The van der Waals surface area contributed by atoms with E-state index in [2.05, 4.69) is 0 Å². The van der Waals surface area contributed by atoms with E-state index in [9.17, 15) is 13.2 Å². The summed E-state index contributed by atoms with van der Waals surface area (Å²) in [5.74, 6) is -0.213. The summed E-state index contributed by atoms with van der Waals surface area (Å²) < 4.78 is 23.9. The Kier molecular flexibility index (Phi) is 3.29. The first-order valence-electron chi connectivity index (χ1n) is 4.78. The van der Waals surface area contributed by atoms with Gasteiger partial charge in [0.15, 0.2) is 5.78 Å². The highest BCUT2D eigenvalue weighted by Gasteiger charge is 2.29. The molecule has 0 saturated heterocycles. The van der Waals surface area contributed by atoms with E-state index in [1.54, 1.807) is 19.9 Å². The molecule has 0 amide bonds. The van der Waals surface area contributed by atoms with Crippen LogP contribution < -0.4 is 0 Å². The number of ketones is 1. The van der Waals surface area contributed by atoms with Crippen molar-refractivity contribution < 1.29 is 13.2 Å². The zero-order chi connectivity index (χ0) is 11.6. The van der Waals surface area contributed by atoms with Crippen molar-refractivity contribution in [1.29, 1.82) is 0 Å². The molecular formula is C11H14O3S. The number of rotatable bonds is 2. The monoisotopic (exact) mass is 226 g/mol. The molecule has 0 aliphatic carbocycles. The Balaban J connectivity index is 3.46. The molecule has 0 aromatic heterocycles. The topological polar surface area (TPSA) is 51.2 Å². The zero-order valence-electron chi connectivity index (χ0n) is 9.07. The standard InChI is InChI=1S/C11H14O3S/c1-4-6-11-8(3)10(12)7-9(5-2)15(11,13)14/h4,6-7H,5H2,1-3H3/b6-4-. The molecule has 4 heteroatoms. The predicted octanol–water partition coefficient (Wildman–Crippen LogP) is 2.13. The first-order chi connectivity index (χ1) is 6.95. The lowest BCUT2D eigenvalue weighted by atomic mass is 10.1. The van der Waals surface area contributed by atoms with Crippen molar-refractivity contribution in [3.8, 4) is 0 Å². The molecule has 82 valence electrons. The molecule has 0 spiro atoms. The summed E-state index contributed by atoms with van der Waals surface area (Å²) in [6.45, 7) is 4.99. The van der Waals surface area contributed by atoms with Gasteiger partial charge in [-0.25, -0.2) is 8.42 Å². The molecule has 1 aliphatic heterocycles. The second-order valence-corrected chi connectivity index (χ2v) is 5.29. The molecule has 1 heterocycles. The van der Waals surface area contributed by atoms with Gasteiger partial charge in [-0.2, -0.15) is 0 Å². The van der Waals surface area contributed by atoms with Gasteiger partial charge in [0.05, 0.1) is 9.81 Å². The molecule has 0 unspecified atom stereocenters. The van der Waals surface area contributed by atoms with Gasteiger partial charge >= 0.3 is 0 Å². The molecule has 0 aromatic rings. The van der Waals surface area contributed by atoms with Crippen molar-refractivity contribution in [2.75, 3.05) is 0 Å². The Bertz CT molecular complexity index is 476. The number of allylic oxidation sites excluding steroid dienone is 5. The van der Waals surface area contributed by atoms with Gasteiger partial charge in [-0.05, 0) is 26.3 Å². The maximum Gasteiger partial charge on any atom is 0.203 e. The lowest BCUT2D eigenvalue weighted by molar-refractivity contribution is -0.111. The van der Waals surface area contributed by atoms with Crippen LogP contribution in [0.4, 0.5) is 0 Å². The number of sulfone groups is 1. The van der Waals surface area contributed by atoms with Crippen molar-refractivity contribution >= 4 is 15.6 Å². The largest absolute Gasteiger partial charge is 0.290 e. The van der Waals surface area contributed by atoms with Crippen LogP contribution in [0, 0.1) is 0 Å². The lowest BCUT2D eigenvalue weighted by Gasteiger charge is -2.15. The fourth-order valence-electron chi connectivity index (χ4n) is 1.45. The predicted molar refractivity (Wildman–Crippen MR) is 59.8 cm³/mol. The van der Waals surface area contributed by atoms with E-state index < -0.39 is 9.84 Å². The number of carbonyl (C=O) groups is 1. The molecule has 0 N–H and O–H groups in total. The summed E-state index contributed by atoms with van der Waals surface area (Å²) in [5, 5.41) is 0. The third-order valence-corrected chi connectivity index (χ3v) is 4.45. The Morgan fingerprint density at radius 3 is 2.47 bits per heavy atom. The van der Waals surface area contributed by atoms with Crippen LogP contribution in [0.3, 0.4) is 0 Å². The Labute approximate surface area is 90.1 Å². The fraction of sp³-hybridized carbons (Fsp3) is 0.364. The molecule has 0 saturated carbocycles. The fourth-order valence-corrected chi connectivity index (χ4v) is 3.20. The van der Waals surface area contributed by atoms with E-state index in [1.165, 1.54) is 19.1 Å². The highest BCUT2D eigenvalue weighted by Crippen LogP contribution is 2.29. The Hall–Kier alpha value is -1.16. The van der Waals surface area contributed by atoms with Gasteiger partial charge in [-0.3, -0.25) is 4.79 Å². The quantitative estimate of drug-likeness (QED) is 0.724. The van der Waals surface area contributed by atoms with Gasteiger partial charge in [-0.15, -0.1) is 0 Å². The van der Waals surface area contributed by atoms with Crippen LogP contribution in [0.2, 0.25) is 0 Å². The molecule has 3 nitrogen and oxygen atoms in total. The van der Waals surface area contributed by atoms with Gasteiger partial charge in [0, 0.05) is 11.6 Å². The molecule has 0 bridgehead atoms. The van der Waals surface area contributed by atoms with Crippen molar-refractivity contribution in [2.45, 2.75) is 27.2 Å². The van der Waals surface area contributed by atoms with E-state index in [0.717, 1.165) is 0 Å². The van der Waals surface area contributed by atoms with Gasteiger partial charge in [0.1, 0.15) is 0 Å². The average molecular weight is 226 g/mol. The van der Waals surface area contributed by atoms with Crippen LogP contribution in [-0.2, 0) is 14.6 Å². The number of hydrogen-bond donors (Lipinski definition) is 0. The van der Waals surface area contributed by atoms with Crippen molar-refractivity contribution in [3.05, 3.63) is 33.6 Å². The summed E-state index contributed by atoms with van der Waals surface area (Å²) in [6, 6.07) is 0. The summed E-state index contributed by atoms with van der Waals surface area (Å²) in [4.78, 5) is 11.8. The first-order valence-corrected chi connectivity index (χ1v) is 6.27. The third-order valence-electron chi connectivity index (χ3n) is 2.33. The minimum atomic E-state index is -3.43. The van der Waals surface area contributed by atoms with Crippen LogP contribution in [0.1, 0.15) is 27.2 Å². The highest BCUT2D eigenvalue weighted by molar-refractivity contribution is 7.99. The molecule has 1 aliphatic rings. The second kappa shape index (κ2) is 4.14. The van der Waals surface area contributed by atoms with Crippen molar-refractivity contribution in [1.82, 2.24) is 0 Å². The van der Waals surface area contributed by atoms with Crippen LogP contribution in [0.15, 0.2) is 33.6 Å². The molecular weight excluding hydrogens is 212 g/mol. The molecule has 0 atom stereocenters. The Morgan fingerprint density at radius 2 is 2.00 bits per heavy atom. The van der Waals surface area contributed by atoms with Crippen molar-refractivity contribution in [3.63, 3.8) is 0 Å². The maximum atomic E-state index is 12.0. The highest BCUT2D eigenvalue weighted by atomic mass is 32.2. The lowest BCUT2D eigenvalue weighted by Crippen LogP contribution is -2.17. The van der Waals surface area contributed by atoms with Gasteiger partial charge in [-0.1, -0.05) is 13.0 Å². The average Bonchev–Trinajstić information content (AvgIpc) is 2.18. The van der Waals surface area contributed by atoms with Crippen LogP contribution in [-0.4, -0.2) is 14.2 Å². The molecule has 15 heavy (non-hydrogen) atoms. The van der Waals surface area contributed by atoms with Crippen molar-refractivity contribution in [2.24, 2.45) is 0 Å². The summed E-state index contributed by atoms with van der Waals surface area (Å²) in [6.07, 6.45) is 4.67. The molecule has 0 fully saturated rings. The number of hydrogen-bond acceptors (Lipinski definition) is 3. The molecule has 0 radical (unpaired) electrons.